The fourth-order valence-corrected chi connectivity index (χ4v) is 3.22. The summed E-state index contributed by atoms with van der Waals surface area (Å²) in [6.07, 6.45) is 1.62. The Bertz CT molecular complexity index is 1000. The van der Waals surface area contributed by atoms with Gasteiger partial charge in [0.05, 0.1) is 15.9 Å². The number of carbonyl (C=O) groups excluding carboxylic acids is 2. The van der Waals surface area contributed by atoms with Gasteiger partial charge in [-0.3, -0.25) is 4.79 Å². The van der Waals surface area contributed by atoms with Crippen LogP contribution in [-0.2, 0) is 14.3 Å². The number of esters is 1. The van der Waals surface area contributed by atoms with E-state index in [1.54, 1.807) is 0 Å². The van der Waals surface area contributed by atoms with Gasteiger partial charge in [0.15, 0.2) is 6.10 Å². The van der Waals surface area contributed by atoms with E-state index in [0.29, 0.717) is 5.01 Å². The van der Waals surface area contributed by atoms with Gasteiger partial charge in [-0.2, -0.15) is 0 Å². The van der Waals surface area contributed by atoms with Gasteiger partial charge in [0.25, 0.3) is 5.91 Å². The SMILES string of the molecule is C[C@@H](OC(=O)/C=C/c1nc2ccccc2s1)C(=O)Nc1ccc(Cl)cc1F. The van der Waals surface area contributed by atoms with Crippen LogP contribution in [0.2, 0.25) is 5.02 Å². The molecule has 8 heteroatoms. The Labute approximate surface area is 163 Å². The molecular weight excluding hydrogens is 391 g/mol. The third-order valence-corrected chi connectivity index (χ3v) is 4.76. The average Bonchev–Trinajstić information content (AvgIpc) is 3.05. The zero-order valence-electron chi connectivity index (χ0n) is 14.1. The second kappa shape index (κ2) is 8.28. The van der Waals surface area contributed by atoms with Gasteiger partial charge in [0, 0.05) is 11.1 Å². The van der Waals surface area contributed by atoms with Crippen LogP contribution in [0.3, 0.4) is 0 Å². The third kappa shape index (κ3) is 4.90. The average molecular weight is 405 g/mol. The van der Waals surface area contributed by atoms with Crippen LogP contribution in [0.5, 0.6) is 0 Å². The molecular formula is C19H14ClFN2O3S. The Balaban J connectivity index is 1.58. The molecule has 2 aromatic carbocycles. The largest absolute Gasteiger partial charge is 0.449 e. The number of nitrogens with one attached hydrogen (secondary N) is 1. The smallest absolute Gasteiger partial charge is 0.331 e. The highest BCUT2D eigenvalue weighted by molar-refractivity contribution is 7.19. The van der Waals surface area contributed by atoms with E-state index in [-0.39, 0.29) is 10.7 Å². The van der Waals surface area contributed by atoms with Gasteiger partial charge in [-0.1, -0.05) is 23.7 Å². The highest BCUT2D eigenvalue weighted by Gasteiger charge is 2.18. The summed E-state index contributed by atoms with van der Waals surface area (Å²) in [5, 5.41) is 3.21. The number of fused-ring (bicyclic) bond motifs is 1. The van der Waals surface area contributed by atoms with Crippen molar-refractivity contribution in [3.05, 3.63) is 64.4 Å². The lowest BCUT2D eigenvalue weighted by Crippen LogP contribution is -2.29. The maximum atomic E-state index is 13.7. The maximum absolute atomic E-state index is 13.7. The molecule has 3 aromatic rings. The lowest BCUT2D eigenvalue weighted by atomic mass is 10.3. The number of anilines is 1. The summed E-state index contributed by atoms with van der Waals surface area (Å²) in [4.78, 5) is 28.3. The number of rotatable bonds is 5. The predicted octanol–water partition coefficient (Wildman–Crippen LogP) is 4.67. The van der Waals surface area contributed by atoms with E-state index in [1.807, 2.05) is 24.3 Å². The quantitative estimate of drug-likeness (QED) is 0.495. The molecule has 27 heavy (non-hydrogen) atoms. The molecule has 0 fully saturated rings. The molecule has 0 saturated heterocycles. The van der Waals surface area contributed by atoms with Crippen molar-refractivity contribution >= 4 is 56.8 Å². The molecule has 3 rings (SSSR count). The minimum absolute atomic E-state index is 0.0442. The number of benzene rings is 2. The highest BCUT2D eigenvalue weighted by atomic mass is 35.5. The lowest BCUT2D eigenvalue weighted by molar-refractivity contribution is -0.148. The van der Waals surface area contributed by atoms with Crippen molar-refractivity contribution in [3.8, 4) is 0 Å². The van der Waals surface area contributed by atoms with E-state index in [4.69, 9.17) is 16.3 Å². The second-order valence-electron chi connectivity index (χ2n) is 5.55. The minimum Gasteiger partial charge on any atom is -0.449 e. The minimum atomic E-state index is -1.10. The van der Waals surface area contributed by atoms with Crippen LogP contribution in [0, 0.1) is 5.82 Å². The number of aromatic nitrogens is 1. The van der Waals surface area contributed by atoms with E-state index in [0.717, 1.165) is 16.3 Å². The Morgan fingerprint density at radius 3 is 2.81 bits per heavy atom. The van der Waals surface area contributed by atoms with Gasteiger partial charge in [-0.05, 0) is 43.3 Å². The van der Waals surface area contributed by atoms with E-state index in [2.05, 4.69) is 10.3 Å². The molecule has 0 radical (unpaired) electrons. The number of halogens is 2. The van der Waals surface area contributed by atoms with Crippen molar-refractivity contribution < 1.29 is 18.7 Å². The topological polar surface area (TPSA) is 68.3 Å². The Hall–Kier alpha value is -2.77. The van der Waals surface area contributed by atoms with Gasteiger partial charge in [0.2, 0.25) is 0 Å². The van der Waals surface area contributed by atoms with E-state index < -0.39 is 23.8 Å². The molecule has 0 bridgehead atoms. The molecule has 0 aliphatic rings. The van der Waals surface area contributed by atoms with Gasteiger partial charge in [0.1, 0.15) is 10.8 Å². The highest BCUT2D eigenvalue weighted by Crippen LogP contribution is 2.22. The first kappa shape index (κ1) is 19.0. The molecule has 0 saturated carbocycles. The van der Waals surface area contributed by atoms with Gasteiger partial charge in [-0.25, -0.2) is 14.2 Å². The molecule has 0 unspecified atom stereocenters. The number of para-hydroxylation sites is 1. The van der Waals surface area contributed by atoms with Crippen LogP contribution in [-0.4, -0.2) is 23.0 Å². The normalized spacial score (nSPS) is 12.3. The van der Waals surface area contributed by atoms with Crippen LogP contribution in [0.15, 0.2) is 48.5 Å². The van der Waals surface area contributed by atoms with Crippen molar-refractivity contribution in [2.24, 2.45) is 0 Å². The zero-order valence-corrected chi connectivity index (χ0v) is 15.7. The molecule has 1 N–H and O–H groups in total. The number of amides is 1. The summed E-state index contributed by atoms with van der Waals surface area (Å²) in [5.41, 5.74) is 0.797. The molecule has 138 valence electrons. The number of thiazole rings is 1. The van der Waals surface area contributed by atoms with Crippen LogP contribution >= 0.6 is 22.9 Å². The Morgan fingerprint density at radius 1 is 1.30 bits per heavy atom. The summed E-state index contributed by atoms with van der Waals surface area (Å²) in [7, 11) is 0. The molecule has 1 amide bonds. The fraction of sp³-hybridized carbons (Fsp3) is 0.105. The molecule has 0 aliphatic carbocycles. The number of ether oxygens (including phenoxy) is 1. The standard InChI is InChI=1S/C19H14ClFN2O3S/c1-11(19(25)23-14-7-6-12(20)10-13(14)21)26-18(24)9-8-17-22-15-4-2-3-5-16(15)27-17/h2-11H,1H3,(H,23,25)/b9-8+/t11-/m1/s1. The molecule has 1 aromatic heterocycles. The van der Waals surface area contributed by atoms with Crippen LogP contribution in [0.4, 0.5) is 10.1 Å². The number of hydrogen-bond acceptors (Lipinski definition) is 5. The first-order chi connectivity index (χ1) is 12.9. The van der Waals surface area contributed by atoms with E-state index >= 15 is 0 Å². The van der Waals surface area contributed by atoms with Gasteiger partial charge >= 0.3 is 5.97 Å². The summed E-state index contributed by atoms with van der Waals surface area (Å²) in [5.74, 6) is -2.03. The Kier molecular flexibility index (Phi) is 5.83. The van der Waals surface area contributed by atoms with E-state index in [1.165, 1.54) is 42.5 Å². The fourth-order valence-electron chi connectivity index (χ4n) is 2.19. The number of nitrogens with zero attached hydrogens (tertiary/aromatic N) is 1. The van der Waals surface area contributed by atoms with Gasteiger partial charge < -0.3 is 10.1 Å². The third-order valence-electron chi connectivity index (χ3n) is 3.52. The van der Waals surface area contributed by atoms with E-state index in [9.17, 15) is 14.0 Å². The number of carbonyl (C=O) groups is 2. The molecule has 5 nitrogen and oxygen atoms in total. The van der Waals surface area contributed by atoms with Crippen molar-refractivity contribution in [2.75, 3.05) is 5.32 Å². The summed E-state index contributed by atoms with van der Waals surface area (Å²) >= 11 is 7.09. The summed E-state index contributed by atoms with van der Waals surface area (Å²) in [6, 6.07) is 11.5. The second-order valence-corrected chi connectivity index (χ2v) is 7.04. The van der Waals surface area contributed by atoms with Crippen LogP contribution in [0.1, 0.15) is 11.9 Å². The lowest BCUT2D eigenvalue weighted by Gasteiger charge is -2.12. The Morgan fingerprint density at radius 2 is 2.07 bits per heavy atom. The first-order valence-corrected chi connectivity index (χ1v) is 9.12. The van der Waals surface area contributed by atoms with Crippen LogP contribution in [0.25, 0.3) is 16.3 Å². The van der Waals surface area contributed by atoms with Crippen molar-refractivity contribution in [1.82, 2.24) is 4.98 Å². The van der Waals surface area contributed by atoms with Crippen molar-refractivity contribution in [1.29, 1.82) is 0 Å². The van der Waals surface area contributed by atoms with Crippen LogP contribution < -0.4 is 5.32 Å². The van der Waals surface area contributed by atoms with Crippen molar-refractivity contribution in [3.63, 3.8) is 0 Å². The number of hydrogen-bond donors (Lipinski definition) is 1. The molecule has 0 aliphatic heterocycles. The molecule has 0 spiro atoms. The van der Waals surface area contributed by atoms with Crippen molar-refractivity contribution in [2.45, 2.75) is 13.0 Å². The molecule has 1 heterocycles. The van der Waals surface area contributed by atoms with Gasteiger partial charge in [-0.15, -0.1) is 11.3 Å². The first-order valence-electron chi connectivity index (χ1n) is 7.92. The predicted molar refractivity (Wildman–Crippen MR) is 104 cm³/mol. The summed E-state index contributed by atoms with van der Waals surface area (Å²) < 4.78 is 19.7. The maximum Gasteiger partial charge on any atom is 0.331 e. The monoisotopic (exact) mass is 404 g/mol. The molecule has 1 atom stereocenters. The zero-order chi connectivity index (χ0) is 19.4. The summed E-state index contributed by atoms with van der Waals surface area (Å²) in [6.45, 7) is 1.40.